The first kappa shape index (κ1) is 58.2. The molecule has 0 saturated carbocycles. The van der Waals surface area contributed by atoms with Gasteiger partial charge in [0, 0.05) is 50.0 Å². The van der Waals surface area contributed by atoms with Crippen LogP contribution in [0.4, 0.5) is 17.1 Å². The maximum Gasteiger partial charge on any atom is 0.0626 e. The highest BCUT2D eigenvalue weighted by atomic mass is 15.2. The van der Waals surface area contributed by atoms with Crippen molar-refractivity contribution in [2.24, 2.45) is 0 Å². The van der Waals surface area contributed by atoms with Crippen molar-refractivity contribution in [1.29, 1.82) is 0 Å². The van der Waals surface area contributed by atoms with E-state index in [4.69, 9.17) is 0 Å². The summed E-state index contributed by atoms with van der Waals surface area (Å²) in [5.74, 6) is -0.0678. The van der Waals surface area contributed by atoms with E-state index in [2.05, 4.69) is 342 Å². The van der Waals surface area contributed by atoms with Gasteiger partial charge in [-0.25, -0.2) is 0 Å². The fourth-order valence-corrected chi connectivity index (χ4v) is 15.0. The zero-order valence-electron chi connectivity index (χ0n) is 56.0. The molecule has 2 aliphatic rings. The number of hydrogen-bond acceptors (Lipinski definition) is 1. The Morgan fingerprint density at radius 1 is 0.319 bits per heavy atom. The number of benzene rings is 11. The van der Waals surface area contributed by atoms with Crippen LogP contribution >= 0.6 is 0 Å². The Labute approximate surface area is 539 Å². The maximum atomic E-state index is 2.77. The van der Waals surface area contributed by atoms with E-state index in [9.17, 15) is 0 Å². The van der Waals surface area contributed by atoms with Crippen LogP contribution in [0.1, 0.15) is 165 Å². The second-order valence-electron chi connectivity index (χ2n) is 31.5. The third-order valence-corrected chi connectivity index (χ3v) is 20.1. The molecular formula is C88H85N3. The van der Waals surface area contributed by atoms with E-state index in [1.807, 2.05) is 0 Å². The molecule has 0 spiro atoms. The van der Waals surface area contributed by atoms with Gasteiger partial charge >= 0.3 is 0 Å². The molecule has 0 fully saturated rings. The fraction of sp³-hybridized carbons (Fsp3) is 0.250. The van der Waals surface area contributed by atoms with Crippen LogP contribution < -0.4 is 4.90 Å². The first-order valence-corrected chi connectivity index (χ1v) is 33.1. The molecule has 15 rings (SSSR count). The normalized spacial score (nSPS) is 14.4. The molecule has 0 saturated heterocycles. The van der Waals surface area contributed by atoms with Crippen LogP contribution in [0.2, 0.25) is 0 Å². The molecule has 1 aliphatic heterocycles. The predicted octanol–water partition coefficient (Wildman–Crippen LogP) is 24.2. The molecule has 3 nitrogen and oxygen atoms in total. The van der Waals surface area contributed by atoms with Crippen LogP contribution in [0.3, 0.4) is 0 Å². The number of nitrogens with zero attached hydrogens (tertiary/aromatic N) is 3. The maximum absolute atomic E-state index is 2.77. The molecule has 11 aromatic carbocycles. The van der Waals surface area contributed by atoms with Crippen LogP contribution in [0, 0.1) is 0 Å². The summed E-state index contributed by atoms with van der Waals surface area (Å²) in [6, 6.07) is 87.3. The number of para-hydroxylation sites is 2. The van der Waals surface area contributed by atoms with Gasteiger partial charge in [0.2, 0.25) is 0 Å². The minimum absolute atomic E-state index is 0.0247. The second-order valence-corrected chi connectivity index (χ2v) is 31.5. The van der Waals surface area contributed by atoms with E-state index in [-0.39, 0.29) is 33.0 Å². The minimum Gasteiger partial charge on any atom is -0.309 e. The molecule has 0 radical (unpaired) electrons. The first-order chi connectivity index (χ1) is 43.3. The van der Waals surface area contributed by atoms with E-state index < -0.39 is 0 Å². The summed E-state index contributed by atoms with van der Waals surface area (Å²) in [5, 5.41) is 5.03. The molecule has 3 heterocycles. The third kappa shape index (κ3) is 9.67. The smallest absolute Gasteiger partial charge is 0.0626 e. The summed E-state index contributed by atoms with van der Waals surface area (Å²) >= 11 is 0. The highest BCUT2D eigenvalue weighted by molar-refractivity contribution is 6.22. The van der Waals surface area contributed by atoms with Gasteiger partial charge in [0.25, 0.3) is 0 Å². The summed E-state index contributed by atoms with van der Waals surface area (Å²) < 4.78 is 5.11. The number of rotatable bonds is 6. The summed E-state index contributed by atoms with van der Waals surface area (Å²) in [7, 11) is 0. The Bertz CT molecular complexity index is 4970. The van der Waals surface area contributed by atoms with Crippen molar-refractivity contribution in [1.82, 2.24) is 9.13 Å². The molecule has 1 aliphatic carbocycles. The van der Waals surface area contributed by atoms with Gasteiger partial charge in [-0.05, 0) is 184 Å². The summed E-state index contributed by atoms with van der Waals surface area (Å²) in [5.41, 5.74) is 31.2. The summed E-state index contributed by atoms with van der Waals surface area (Å²) in [6.07, 6.45) is 0.793. The van der Waals surface area contributed by atoms with E-state index in [1.54, 1.807) is 0 Å². The van der Waals surface area contributed by atoms with Gasteiger partial charge in [-0.15, -0.1) is 0 Å². The van der Waals surface area contributed by atoms with Crippen molar-refractivity contribution in [3.05, 3.63) is 280 Å². The average molecular weight is 1180 g/mol. The molecule has 1 atom stereocenters. The standard InChI is InChI=1S/C88H85N3/c1-84(2,3)60-38-41-74-71(49-60)72-50-61(85(4,5)6)39-42-75(72)90(74)66-46-59-43-57-36-35-56(58-44-63(87(10,11)12)48-64(45-58)88(13,14)15)47-69(57)81-68-40-37-62(86(7,8)9)51-76(68)91(77(52-66)79(59)81)83-70(54-27-19-16-20-28-54)53-78-82(80(83)55-29-21-17-22-30-55)67-33-25-26-34-73(67)89(78)65-31-23-18-24-32-65/h16-42,44-53,81H,43H2,1-15H3. The van der Waals surface area contributed by atoms with E-state index in [1.165, 1.54) is 144 Å². The Hall–Kier alpha value is -9.18. The van der Waals surface area contributed by atoms with Crippen molar-refractivity contribution < 1.29 is 0 Å². The lowest BCUT2D eigenvalue weighted by Gasteiger charge is -2.44. The molecule has 0 amide bonds. The van der Waals surface area contributed by atoms with Gasteiger partial charge < -0.3 is 14.0 Å². The van der Waals surface area contributed by atoms with Crippen molar-refractivity contribution in [3.63, 3.8) is 0 Å². The third-order valence-electron chi connectivity index (χ3n) is 20.1. The van der Waals surface area contributed by atoms with Crippen LogP contribution in [-0.4, -0.2) is 9.13 Å². The van der Waals surface area contributed by atoms with Crippen LogP contribution in [-0.2, 0) is 33.5 Å². The van der Waals surface area contributed by atoms with Crippen LogP contribution in [0.5, 0.6) is 0 Å². The number of fused-ring (bicyclic) bond motifs is 10. The van der Waals surface area contributed by atoms with Crippen LogP contribution in [0.15, 0.2) is 224 Å². The lowest BCUT2D eigenvalue weighted by molar-refractivity contribution is 0.569. The Morgan fingerprint density at radius 2 is 0.835 bits per heavy atom. The van der Waals surface area contributed by atoms with E-state index in [0.29, 0.717) is 0 Å². The molecule has 91 heavy (non-hydrogen) atoms. The molecule has 13 aromatic rings. The summed E-state index contributed by atoms with van der Waals surface area (Å²) in [4.78, 5) is 2.77. The first-order valence-electron chi connectivity index (χ1n) is 33.1. The highest BCUT2D eigenvalue weighted by Crippen LogP contribution is 2.61. The van der Waals surface area contributed by atoms with Gasteiger partial charge in [-0.1, -0.05) is 256 Å². The largest absolute Gasteiger partial charge is 0.309 e. The fourth-order valence-electron chi connectivity index (χ4n) is 15.0. The SMILES string of the molecule is CC(C)(C)c1cc(-c2ccc3c(c2)C2c4ccc(C(C)(C)C)cc4N(c4c(-c5ccccc5)cc5c(c4-c4ccccc4)c4ccccc4n5-c4ccccc4)c4cc(-n5c6ccc(C(C)(C)C)cc6c6cc(C(C)(C)C)ccc65)cc(c42)C3)cc(C(C)(C)C)c1. The number of hydrogen-bond donors (Lipinski definition) is 0. The Balaban J connectivity index is 1.12. The van der Waals surface area contributed by atoms with Crippen molar-refractivity contribution in [2.45, 2.75) is 143 Å². The molecule has 1 unspecified atom stereocenters. The molecule has 452 valence electrons. The molecule has 2 aromatic heterocycles. The van der Waals surface area contributed by atoms with Gasteiger partial charge in [-0.3, -0.25) is 0 Å². The minimum atomic E-state index is -0.160. The molecule has 3 heteroatoms. The quantitative estimate of drug-likeness (QED) is 0.162. The van der Waals surface area contributed by atoms with Gasteiger partial charge in [0.1, 0.15) is 0 Å². The van der Waals surface area contributed by atoms with Gasteiger partial charge in [0.05, 0.1) is 39.1 Å². The summed E-state index contributed by atoms with van der Waals surface area (Å²) in [6.45, 7) is 35.3. The predicted molar refractivity (Wildman–Crippen MR) is 390 cm³/mol. The van der Waals surface area contributed by atoms with Crippen molar-refractivity contribution >= 4 is 60.7 Å². The highest BCUT2D eigenvalue weighted by Gasteiger charge is 2.42. The van der Waals surface area contributed by atoms with E-state index >= 15 is 0 Å². The van der Waals surface area contributed by atoms with Crippen molar-refractivity contribution in [3.8, 4) is 44.8 Å². The van der Waals surface area contributed by atoms with Gasteiger partial charge in [0.15, 0.2) is 0 Å². The average Bonchev–Trinajstić information content (AvgIpc) is 1.64. The zero-order chi connectivity index (χ0) is 63.4. The van der Waals surface area contributed by atoms with Crippen LogP contribution in [0.25, 0.3) is 88.4 Å². The topological polar surface area (TPSA) is 13.1 Å². The monoisotopic (exact) mass is 1180 g/mol. The molecule has 0 N–H and O–H groups in total. The Morgan fingerprint density at radius 3 is 1.43 bits per heavy atom. The lowest BCUT2D eigenvalue weighted by Crippen LogP contribution is -2.28. The van der Waals surface area contributed by atoms with Gasteiger partial charge in [-0.2, -0.15) is 0 Å². The number of anilines is 3. The number of aromatic nitrogens is 2. The van der Waals surface area contributed by atoms with Crippen molar-refractivity contribution in [2.75, 3.05) is 4.90 Å². The second kappa shape index (κ2) is 20.7. The molecular weight excluding hydrogens is 1100 g/mol. The zero-order valence-corrected chi connectivity index (χ0v) is 56.0. The lowest BCUT2D eigenvalue weighted by atomic mass is 9.70. The molecule has 0 bridgehead atoms. The van der Waals surface area contributed by atoms with E-state index in [0.717, 1.165) is 23.4 Å². The Kier molecular flexibility index (Phi) is 13.2.